The van der Waals surface area contributed by atoms with E-state index >= 15 is 0 Å². The topological polar surface area (TPSA) is 18.5 Å². The van der Waals surface area contributed by atoms with E-state index in [0.29, 0.717) is 6.79 Å². The van der Waals surface area contributed by atoms with Crippen molar-refractivity contribution in [1.29, 1.82) is 0 Å². The Morgan fingerprint density at radius 2 is 1.75 bits per heavy atom. The third kappa shape index (κ3) is 20.3. The molecule has 0 aliphatic carbocycles. The summed E-state index contributed by atoms with van der Waals surface area (Å²) < 4.78 is 10.6. The van der Waals surface area contributed by atoms with E-state index in [9.17, 15) is 0 Å². The molecule has 0 saturated carbocycles. The molecule has 0 rings (SSSR count). The second kappa shape index (κ2) is 21.2. The Morgan fingerprint density at radius 3 is 2.38 bits per heavy atom. The van der Waals surface area contributed by atoms with Crippen LogP contribution in [0.1, 0.15) is 39.0 Å². The van der Waals surface area contributed by atoms with Crippen LogP contribution in [0.3, 0.4) is 0 Å². The molecule has 0 atom stereocenters. The van der Waals surface area contributed by atoms with Crippen LogP contribution >= 0.6 is 0 Å². The molecular weight excluding hydrogens is 280 g/mol. The van der Waals surface area contributed by atoms with Crippen LogP contribution in [0.4, 0.5) is 0 Å². The molecule has 0 aromatic rings. The van der Waals surface area contributed by atoms with Crippen molar-refractivity contribution >= 4 is 23.1 Å². The number of hydrogen-bond acceptors (Lipinski definition) is 2. The quantitative estimate of drug-likeness (QED) is 0.185. The minimum absolute atomic E-state index is 0. The average molecular weight is 304 g/mol. The van der Waals surface area contributed by atoms with Gasteiger partial charge in [0.05, 0.1) is 6.61 Å². The minimum Gasteiger partial charge on any atom is -1.00 e. The van der Waals surface area contributed by atoms with Crippen molar-refractivity contribution in [2.24, 2.45) is 0 Å². The molecular formula is C12H23BrMgO2. The zero-order chi connectivity index (χ0) is 10.5. The molecule has 0 aliphatic heterocycles. The van der Waals surface area contributed by atoms with Crippen molar-refractivity contribution in [3.63, 3.8) is 0 Å². The van der Waals surface area contributed by atoms with Crippen molar-refractivity contribution in [3.05, 3.63) is 19.1 Å². The molecule has 0 radical (unpaired) electrons. The molecule has 0 saturated heterocycles. The number of ether oxygens (including phenoxy) is 2. The molecule has 0 aliphatic rings. The second-order valence-electron chi connectivity index (χ2n) is 3.19. The number of unbranched alkanes of at least 4 members (excludes halogenated alkanes) is 2. The van der Waals surface area contributed by atoms with Gasteiger partial charge in [-0.3, -0.25) is 0 Å². The maximum absolute atomic E-state index is 5.28. The monoisotopic (exact) mass is 302 g/mol. The summed E-state index contributed by atoms with van der Waals surface area (Å²) in [6.07, 6.45) is 9.56. The predicted molar refractivity (Wildman–Crippen MR) is 65.8 cm³/mol. The molecule has 4 heteroatoms. The smallest absolute Gasteiger partial charge is 1.00 e. The molecule has 0 N–H and O–H groups in total. The van der Waals surface area contributed by atoms with E-state index in [4.69, 9.17) is 9.47 Å². The molecule has 16 heavy (non-hydrogen) atoms. The Balaban J connectivity index is -0.000000845. The van der Waals surface area contributed by atoms with Crippen LogP contribution in [0, 0.1) is 6.92 Å². The fourth-order valence-corrected chi connectivity index (χ4v) is 1.02. The minimum atomic E-state index is 0. The van der Waals surface area contributed by atoms with Crippen molar-refractivity contribution < 1.29 is 26.5 Å². The van der Waals surface area contributed by atoms with Crippen molar-refractivity contribution in [2.75, 3.05) is 20.0 Å². The molecule has 0 aromatic carbocycles. The van der Waals surface area contributed by atoms with E-state index in [-0.39, 0.29) is 40.0 Å². The van der Waals surface area contributed by atoms with Crippen LogP contribution in [-0.4, -0.2) is 43.1 Å². The summed E-state index contributed by atoms with van der Waals surface area (Å²) in [5.74, 6) is 0. The van der Waals surface area contributed by atoms with E-state index in [1.807, 2.05) is 6.08 Å². The zero-order valence-corrected chi connectivity index (χ0v) is 13.4. The molecule has 0 aromatic heterocycles. The molecule has 92 valence electrons. The number of hydrogen-bond donors (Lipinski definition) is 0. The fraction of sp³-hybridized carbons (Fsp3) is 0.750. The van der Waals surface area contributed by atoms with Crippen LogP contribution in [0.25, 0.3) is 0 Å². The summed E-state index contributed by atoms with van der Waals surface area (Å²) in [4.78, 5) is 0. The van der Waals surface area contributed by atoms with Crippen LogP contribution in [-0.2, 0) is 9.47 Å². The van der Waals surface area contributed by atoms with E-state index in [0.717, 1.165) is 32.5 Å². The first-order valence-corrected chi connectivity index (χ1v) is 5.51. The standard InChI is InChI=1S/C12H23O2.BrH.Mg/c1-3-5-7-9-11-14-12-13-10-8-6-4-2;;/h5,7H,1,3-4,6,8-12H2,2H3;1H;/q-1;;+2/p-1/b7-5-;;. The number of rotatable bonds is 10. The van der Waals surface area contributed by atoms with Gasteiger partial charge in [0.2, 0.25) is 0 Å². The summed E-state index contributed by atoms with van der Waals surface area (Å²) in [7, 11) is 0. The average Bonchev–Trinajstić information content (AvgIpc) is 2.21. The molecule has 2 nitrogen and oxygen atoms in total. The molecule has 0 spiro atoms. The first-order valence-electron chi connectivity index (χ1n) is 5.51. The van der Waals surface area contributed by atoms with Gasteiger partial charge in [-0.15, -0.1) is 6.08 Å². The Morgan fingerprint density at radius 1 is 1.06 bits per heavy atom. The summed E-state index contributed by atoms with van der Waals surface area (Å²) in [5, 5.41) is 0. The van der Waals surface area contributed by atoms with Gasteiger partial charge in [-0.05, 0) is 12.8 Å². The van der Waals surface area contributed by atoms with Crippen LogP contribution in [0.2, 0.25) is 0 Å². The van der Waals surface area contributed by atoms with Crippen molar-refractivity contribution in [3.8, 4) is 0 Å². The third-order valence-corrected chi connectivity index (χ3v) is 1.82. The summed E-state index contributed by atoms with van der Waals surface area (Å²) in [5.41, 5.74) is 0. The zero-order valence-electron chi connectivity index (χ0n) is 10.4. The third-order valence-electron chi connectivity index (χ3n) is 1.82. The van der Waals surface area contributed by atoms with Gasteiger partial charge in [0.1, 0.15) is 6.79 Å². The van der Waals surface area contributed by atoms with Gasteiger partial charge in [0, 0.05) is 6.61 Å². The largest absolute Gasteiger partial charge is 2.00 e. The van der Waals surface area contributed by atoms with Gasteiger partial charge in [0.15, 0.2) is 0 Å². The number of allylic oxidation sites excluding steroid dienone is 1. The van der Waals surface area contributed by atoms with Crippen LogP contribution < -0.4 is 17.0 Å². The predicted octanol–water partition coefficient (Wildman–Crippen LogP) is -0.0390. The summed E-state index contributed by atoms with van der Waals surface area (Å²) in [6, 6.07) is 0. The molecule has 0 amide bonds. The Hall–Kier alpha value is 0.906. The van der Waals surface area contributed by atoms with E-state index in [1.54, 1.807) is 0 Å². The first kappa shape index (κ1) is 22.1. The fourth-order valence-electron chi connectivity index (χ4n) is 1.02. The van der Waals surface area contributed by atoms with Gasteiger partial charge in [-0.25, -0.2) is 0 Å². The maximum atomic E-state index is 5.28. The SMILES string of the molecule is [Br-].[CH2-]C/C=C\CCOCOCCCCC.[Mg+2]. The summed E-state index contributed by atoms with van der Waals surface area (Å²) >= 11 is 0. The van der Waals surface area contributed by atoms with Gasteiger partial charge in [0.25, 0.3) is 0 Å². The Labute approximate surface area is 127 Å². The summed E-state index contributed by atoms with van der Waals surface area (Å²) in [6.45, 7) is 7.89. The maximum Gasteiger partial charge on any atom is 2.00 e. The first-order chi connectivity index (χ1) is 6.91. The molecule has 0 fully saturated rings. The Kier molecular flexibility index (Phi) is 29.3. The van der Waals surface area contributed by atoms with Crippen molar-refractivity contribution in [2.45, 2.75) is 39.0 Å². The van der Waals surface area contributed by atoms with E-state index < -0.39 is 0 Å². The van der Waals surface area contributed by atoms with Crippen molar-refractivity contribution in [1.82, 2.24) is 0 Å². The number of halogens is 1. The Bertz CT molecular complexity index is 132. The van der Waals surface area contributed by atoms with Crippen LogP contribution in [0.5, 0.6) is 0 Å². The molecule has 0 heterocycles. The van der Waals surface area contributed by atoms with Gasteiger partial charge in [-0.2, -0.15) is 6.42 Å². The van der Waals surface area contributed by atoms with Crippen LogP contribution in [0.15, 0.2) is 12.2 Å². The van der Waals surface area contributed by atoms with Gasteiger partial charge in [-0.1, -0.05) is 25.8 Å². The van der Waals surface area contributed by atoms with Gasteiger partial charge < -0.3 is 33.4 Å². The molecule has 0 unspecified atom stereocenters. The second-order valence-corrected chi connectivity index (χ2v) is 3.19. The van der Waals surface area contributed by atoms with E-state index in [1.165, 1.54) is 12.8 Å². The van der Waals surface area contributed by atoms with Gasteiger partial charge >= 0.3 is 23.1 Å². The van der Waals surface area contributed by atoms with E-state index in [2.05, 4.69) is 19.9 Å². The molecule has 0 bridgehead atoms. The normalized spacial score (nSPS) is 9.88.